The molecule has 0 atom stereocenters. The third kappa shape index (κ3) is 5.23. The lowest BCUT2D eigenvalue weighted by Crippen LogP contribution is -2.41. The van der Waals surface area contributed by atoms with E-state index >= 15 is 0 Å². The van der Waals surface area contributed by atoms with E-state index in [0.717, 1.165) is 31.7 Å². The molecule has 2 nitrogen and oxygen atoms in total. The quantitative estimate of drug-likeness (QED) is 0.807. The fraction of sp³-hybridized carbons (Fsp3) is 0.647. The molecular formula is C17H29NO. The van der Waals surface area contributed by atoms with Gasteiger partial charge in [0.05, 0.1) is 0 Å². The molecule has 1 saturated heterocycles. The minimum absolute atomic E-state index is 0.396. The Morgan fingerprint density at radius 2 is 1.58 bits per heavy atom. The monoisotopic (exact) mass is 263 g/mol. The Labute approximate surface area is 118 Å². The largest absolute Gasteiger partial charge is 0.490 e. The molecule has 1 aromatic carbocycles. The van der Waals surface area contributed by atoms with Crippen LogP contribution in [0.1, 0.15) is 46.1 Å². The van der Waals surface area contributed by atoms with Crippen molar-refractivity contribution in [3.05, 3.63) is 29.8 Å². The summed E-state index contributed by atoms with van der Waals surface area (Å²) >= 11 is 0. The van der Waals surface area contributed by atoms with E-state index in [0.29, 0.717) is 12.1 Å². The molecule has 0 N–H and O–H groups in total. The van der Waals surface area contributed by atoms with Crippen LogP contribution in [0, 0.1) is 6.92 Å². The van der Waals surface area contributed by atoms with Crippen molar-refractivity contribution in [2.75, 3.05) is 13.1 Å². The number of rotatable bonds is 3. The van der Waals surface area contributed by atoms with Crippen LogP contribution >= 0.6 is 0 Å². The number of aryl methyl sites for hydroxylation is 1. The maximum atomic E-state index is 6.01. The van der Waals surface area contributed by atoms with E-state index in [1.165, 1.54) is 5.56 Å². The highest BCUT2D eigenvalue weighted by Crippen LogP contribution is 2.20. The number of hydrogen-bond donors (Lipinski definition) is 0. The van der Waals surface area contributed by atoms with Gasteiger partial charge in [0.25, 0.3) is 0 Å². The summed E-state index contributed by atoms with van der Waals surface area (Å²) in [6, 6.07) is 9.03. The average molecular weight is 263 g/mol. The second-order valence-electron chi connectivity index (χ2n) is 5.26. The first-order valence-electron chi connectivity index (χ1n) is 7.62. The van der Waals surface area contributed by atoms with Crippen molar-refractivity contribution >= 4 is 0 Å². The molecule has 108 valence electrons. The zero-order valence-corrected chi connectivity index (χ0v) is 13.1. The lowest BCUT2D eigenvalue weighted by atomic mass is 10.1. The molecule has 1 aromatic rings. The maximum Gasteiger partial charge on any atom is 0.119 e. The van der Waals surface area contributed by atoms with E-state index in [4.69, 9.17) is 4.74 Å². The standard InChI is InChI=1S/C15H23NO.C2H6/c1-12(2)16-10-8-15(9-11-16)17-14-6-4-13(3)5-7-14;1-2/h4-7,12,15H,8-11H2,1-3H3;1-2H3. The predicted octanol–water partition coefficient (Wildman–Crippen LogP) is 4.27. The molecule has 0 aromatic heterocycles. The van der Waals surface area contributed by atoms with Gasteiger partial charge in [0.2, 0.25) is 0 Å². The molecule has 0 saturated carbocycles. The Morgan fingerprint density at radius 1 is 1.05 bits per heavy atom. The van der Waals surface area contributed by atoms with Crippen molar-refractivity contribution < 1.29 is 4.74 Å². The number of piperidine rings is 1. The van der Waals surface area contributed by atoms with Gasteiger partial charge < -0.3 is 9.64 Å². The molecule has 0 unspecified atom stereocenters. The molecule has 19 heavy (non-hydrogen) atoms. The minimum Gasteiger partial charge on any atom is -0.490 e. The maximum absolute atomic E-state index is 6.01. The predicted molar refractivity (Wildman–Crippen MR) is 82.9 cm³/mol. The van der Waals surface area contributed by atoms with Crippen LogP contribution in [0.3, 0.4) is 0 Å². The van der Waals surface area contributed by atoms with Gasteiger partial charge in [0, 0.05) is 19.1 Å². The smallest absolute Gasteiger partial charge is 0.119 e. The lowest BCUT2D eigenvalue weighted by molar-refractivity contribution is 0.0843. The van der Waals surface area contributed by atoms with Gasteiger partial charge in [-0.2, -0.15) is 0 Å². The van der Waals surface area contributed by atoms with Crippen LogP contribution in [0.25, 0.3) is 0 Å². The molecule has 0 spiro atoms. The van der Waals surface area contributed by atoms with Gasteiger partial charge in [-0.15, -0.1) is 0 Å². The Hall–Kier alpha value is -1.02. The molecule has 1 heterocycles. The Bertz CT molecular complexity index is 337. The molecular weight excluding hydrogens is 234 g/mol. The van der Waals surface area contributed by atoms with E-state index in [1.807, 2.05) is 13.8 Å². The molecule has 2 heteroatoms. The summed E-state index contributed by atoms with van der Waals surface area (Å²) in [6.45, 7) is 13.0. The zero-order chi connectivity index (χ0) is 14.3. The fourth-order valence-corrected chi connectivity index (χ4v) is 2.32. The molecule has 0 bridgehead atoms. The van der Waals surface area contributed by atoms with Crippen LogP contribution in [-0.4, -0.2) is 30.1 Å². The molecule has 0 aliphatic carbocycles. The fourth-order valence-electron chi connectivity index (χ4n) is 2.32. The van der Waals surface area contributed by atoms with Gasteiger partial charge in [0.15, 0.2) is 0 Å². The number of hydrogen-bond acceptors (Lipinski definition) is 2. The van der Waals surface area contributed by atoms with E-state index in [9.17, 15) is 0 Å². The van der Waals surface area contributed by atoms with Gasteiger partial charge in [0.1, 0.15) is 11.9 Å². The minimum atomic E-state index is 0.396. The average Bonchev–Trinajstić information content (AvgIpc) is 2.44. The van der Waals surface area contributed by atoms with E-state index in [1.54, 1.807) is 0 Å². The van der Waals surface area contributed by atoms with Crippen LogP contribution in [0.15, 0.2) is 24.3 Å². The molecule has 0 radical (unpaired) electrons. The second-order valence-corrected chi connectivity index (χ2v) is 5.26. The van der Waals surface area contributed by atoms with Gasteiger partial charge in [-0.25, -0.2) is 0 Å². The Balaban J connectivity index is 0.000000861. The highest BCUT2D eigenvalue weighted by Gasteiger charge is 2.21. The van der Waals surface area contributed by atoms with Crippen LogP contribution in [0.4, 0.5) is 0 Å². The normalized spacial score (nSPS) is 16.9. The van der Waals surface area contributed by atoms with Gasteiger partial charge in [-0.3, -0.25) is 0 Å². The number of ether oxygens (including phenoxy) is 1. The van der Waals surface area contributed by atoms with Gasteiger partial charge in [-0.05, 0) is 45.7 Å². The molecule has 1 aliphatic rings. The third-order valence-electron chi connectivity index (χ3n) is 3.53. The van der Waals surface area contributed by atoms with E-state index in [-0.39, 0.29) is 0 Å². The summed E-state index contributed by atoms with van der Waals surface area (Å²) in [6.07, 6.45) is 2.69. The van der Waals surface area contributed by atoms with Crippen LogP contribution in [0.2, 0.25) is 0 Å². The van der Waals surface area contributed by atoms with Crippen molar-refractivity contribution in [3.63, 3.8) is 0 Å². The summed E-state index contributed by atoms with van der Waals surface area (Å²) in [7, 11) is 0. The summed E-state index contributed by atoms with van der Waals surface area (Å²) in [5.41, 5.74) is 1.28. The Morgan fingerprint density at radius 3 is 2.05 bits per heavy atom. The molecule has 1 fully saturated rings. The first kappa shape index (κ1) is 16.0. The zero-order valence-electron chi connectivity index (χ0n) is 13.1. The Kier molecular flexibility index (Phi) is 6.93. The van der Waals surface area contributed by atoms with Crippen molar-refractivity contribution in [1.29, 1.82) is 0 Å². The molecule has 2 rings (SSSR count). The first-order valence-corrected chi connectivity index (χ1v) is 7.62. The topological polar surface area (TPSA) is 12.5 Å². The van der Waals surface area contributed by atoms with Crippen LogP contribution in [-0.2, 0) is 0 Å². The summed E-state index contributed by atoms with van der Waals surface area (Å²) in [4.78, 5) is 2.52. The number of benzene rings is 1. The number of nitrogens with zero attached hydrogens (tertiary/aromatic N) is 1. The second kappa shape index (κ2) is 8.21. The summed E-state index contributed by atoms with van der Waals surface area (Å²) in [5, 5.41) is 0. The third-order valence-corrected chi connectivity index (χ3v) is 3.53. The molecule has 0 amide bonds. The highest BCUT2D eigenvalue weighted by molar-refractivity contribution is 5.26. The van der Waals surface area contributed by atoms with Gasteiger partial charge in [-0.1, -0.05) is 31.5 Å². The lowest BCUT2D eigenvalue weighted by Gasteiger charge is -2.34. The van der Waals surface area contributed by atoms with Crippen molar-refractivity contribution in [3.8, 4) is 5.75 Å². The SMILES string of the molecule is CC.Cc1ccc(OC2CCN(C(C)C)CC2)cc1. The van der Waals surface area contributed by atoms with Crippen LogP contribution < -0.4 is 4.74 Å². The van der Waals surface area contributed by atoms with Gasteiger partial charge >= 0.3 is 0 Å². The first-order chi connectivity index (χ1) is 9.15. The molecule has 1 aliphatic heterocycles. The van der Waals surface area contributed by atoms with E-state index in [2.05, 4.69) is 49.9 Å². The highest BCUT2D eigenvalue weighted by atomic mass is 16.5. The van der Waals surface area contributed by atoms with Crippen molar-refractivity contribution in [1.82, 2.24) is 4.90 Å². The summed E-state index contributed by atoms with van der Waals surface area (Å²) < 4.78 is 6.01. The van der Waals surface area contributed by atoms with Crippen molar-refractivity contribution in [2.24, 2.45) is 0 Å². The number of likely N-dealkylation sites (tertiary alicyclic amines) is 1. The van der Waals surface area contributed by atoms with E-state index < -0.39 is 0 Å². The summed E-state index contributed by atoms with van der Waals surface area (Å²) in [5.74, 6) is 1.01. The van der Waals surface area contributed by atoms with Crippen LogP contribution in [0.5, 0.6) is 5.75 Å². The van der Waals surface area contributed by atoms with Crippen molar-refractivity contribution in [2.45, 2.75) is 59.6 Å².